The molecule has 0 fully saturated rings. The van der Waals surface area contributed by atoms with E-state index in [0.717, 1.165) is 0 Å². The molecule has 0 aliphatic carbocycles. The summed E-state index contributed by atoms with van der Waals surface area (Å²) >= 11 is 0. The molecule has 4 heteroatoms. The van der Waals surface area contributed by atoms with Gasteiger partial charge in [-0.15, -0.1) is 0 Å². The molecule has 0 aromatic carbocycles. The SMILES string of the molecule is CCOC(OCC)[PH](=O)CC. The maximum absolute atomic E-state index is 11.2. The average molecular weight is 180 g/mol. The van der Waals surface area contributed by atoms with Crippen LogP contribution in [0.2, 0.25) is 0 Å². The molecule has 0 aromatic heterocycles. The molecular formula is C7H17O3P. The second kappa shape index (κ2) is 6.84. The van der Waals surface area contributed by atoms with E-state index in [1.54, 1.807) is 0 Å². The van der Waals surface area contributed by atoms with Crippen LogP contribution in [0.1, 0.15) is 20.8 Å². The van der Waals surface area contributed by atoms with Crippen molar-refractivity contribution < 1.29 is 14.0 Å². The van der Waals surface area contributed by atoms with Crippen molar-refractivity contribution in [3.63, 3.8) is 0 Å². The molecular weight excluding hydrogens is 163 g/mol. The van der Waals surface area contributed by atoms with E-state index in [1.807, 2.05) is 20.8 Å². The molecule has 0 radical (unpaired) electrons. The second-order valence-corrected chi connectivity index (χ2v) is 4.17. The first kappa shape index (κ1) is 11.2. The van der Waals surface area contributed by atoms with Crippen LogP contribution in [0.4, 0.5) is 0 Å². The lowest BCUT2D eigenvalue weighted by atomic mass is 10.9. The van der Waals surface area contributed by atoms with Gasteiger partial charge in [-0.3, -0.25) is 0 Å². The van der Waals surface area contributed by atoms with Gasteiger partial charge in [-0.05, 0) is 13.8 Å². The number of hydrogen-bond acceptors (Lipinski definition) is 3. The molecule has 0 aromatic rings. The Morgan fingerprint density at radius 1 is 1.18 bits per heavy atom. The van der Waals surface area contributed by atoms with Crippen molar-refractivity contribution in [2.75, 3.05) is 19.4 Å². The fourth-order valence-corrected chi connectivity index (χ4v) is 1.74. The summed E-state index contributed by atoms with van der Waals surface area (Å²) in [6, 6.07) is -0.458. The van der Waals surface area contributed by atoms with E-state index in [4.69, 9.17) is 9.47 Å². The molecule has 0 saturated heterocycles. The third kappa shape index (κ3) is 4.57. The first-order valence-corrected chi connectivity index (χ1v) is 5.71. The van der Waals surface area contributed by atoms with Crippen molar-refractivity contribution in [2.24, 2.45) is 0 Å². The Balaban J connectivity index is 3.76. The first-order chi connectivity index (χ1) is 5.26. The summed E-state index contributed by atoms with van der Waals surface area (Å²) in [5.74, 6) is 0. The predicted molar refractivity (Wildman–Crippen MR) is 46.6 cm³/mol. The van der Waals surface area contributed by atoms with Gasteiger partial charge in [-0.25, -0.2) is 0 Å². The lowest BCUT2D eigenvalue weighted by Crippen LogP contribution is -2.13. The monoisotopic (exact) mass is 180 g/mol. The van der Waals surface area contributed by atoms with Crippen molar-refractivity contribution in [3.05, 3.63) is 0 Å². The normalized spacial score (nSPS) is 13.8. The Hall–Kier alpha value is 0.150. The summed E-state index contributed by atoms with van der Waals surface area (Å²) in [4.78, 5) is 0. The molecule has 0 saturated carbocycles. The summed E-state index contributed by atoms with van der Waals surface area (Å²) in [6.07, 6.45) is 0.648. The van der Waals surface area contributed by atoms with E-state index >= 15 is 0 Å². The van der Waals surface area contributed by atoms with Gasteiger partial charge < -0.3 is 14.0 Å². The molecule has 1 unspecified atom stereocenters. The largest absolute Gasteiger partial charge is 0.347 e. The van der Waals surface area contributed by atoms with Gasteiger partial charge in [0.2, 0.25) is 6.03 Å². The maximum atomic E-state index is 11.2. The summed E-state index contributed by atoms with van der Waals surface area (Å²) in [5, 5.41) is 0. The van der Waals surface area contributed by atoms with Gasteiger partial charge >= 0.3 is 0 Å². The topological polar surface area (TPSA) is 35.5 Å². The molecule has 0 aliphatic rings. The van der Waals surface area contributed by atoms with Gasteiger partial charge in [0.15, 0.2) is 0 Å². The molecule has 0 rings (SSSR count). The van der Waals surface area contributed by atoms with Gasteiger partial charge in [-0.1, -0.05) is 6.92 Å². The third-order valence-corrected chi connectivity index (χ3v) is 2.80. The van der Waals surface area contributed by atoms with E-state index in [2.05, 4.69) is 0 Å². The molecule has 0 amide bonds. The highest BCUT2D eigenvalue weighted by Crippen LogP contribution is 2.28. The van der Waals surface area contributed by atoms with Gasteiger partial charge in [-0.2, -0.15) is 0 Å². The summed E-state index contributed by atoms with van der Waals surface area (Å²) in [5.41, 5.74) is 0. The van der Waals surface area contributed by atoms with Crippen LogP contribution in [-0.2, 0) is 14.0 Å². The molecule has 0 spiro atoms. The molecule has 0 heterocycles. The van der Waals surface area contributed by atoms with Crippen molar-refractivity contribution in [1.29, 1.82) is 0 Å². The number of rotatable bonds is 6. The highest BCUT2D eigenvalue weighted by atomic mass is 31.1. The molecule has 68 valence electrons. The highest BCUT2D eigenvalue weighted by Gasteiger charge is 2.13. The van der Waals surface area contributed by atoms with E-state index in [0.29, 0.717) is 19.4 Å². The lowest BCUT2D eigenvalue weighted by Gasteiger charge is -2.15. The van der Waals surface area contributed by atoms with E-state index in [9.17, 15) is 4.57 Å². The minimum Gasteiger partial charge on any atom is -0.347 e. The standard InChI is InChI=1S/C7H17O3P/c1-4-9-7(10-5-2)11(8)6-3/h7,11H,4-6H2,1-3H3. The van der Waals surface area contributed by atoms with Crippen LogP contribution in [0, 0.1) is 0 Å². The Labute approximate surface area is 68.9 Å². The Kier molecular flexibility index (Phi) is 6.93. The van der Waals surface area contributed by atoms with Crippen LogP contribution in [0.15, 0.2) is 0 Å². The van der Waals surface area contributed by atoms with Gasteiger partial charge in [0.1, 0.15) is 7.80 Å². The quantitative estimate of drug-likeness (QED) is 0.462. The van der Waals surface area contributed by atoms with Crippen molar-refractivity contribution >= 4 is 7.80 Å². The zero-order valence-corrected chi connectivity index (χ0v) is 8.42. The van der Waals surface area contributed by atoms with E-state index in [1.165, 1.54) is 0 Å². The Morgan fingerprint density at radius 2 is 1.64 bits per heavy atom. The lowest BCUT2D eigenvalue weighted by molar-refractivity contribution is -0.0796. The Bertz CT molecular complexity index is 110. The van der Waals surface area contributed by atoms with Crippen LogP contribution in [0.25, 0.3) is 0 Å². The van der Waals surface area contributed by atoms with Crippen molar-refractivity contribution in [1.82, 2.24) is 0 Å². The summed E-state index contributed by atoms with van der Waals surface area (Å²) in [7, 11) is -1.69. The fourth-order valence-electron chi connectivity index (χ4n) is 0.703. The zero-order valence-electron chi connectivity index (χ0n) is 7.42. The minimum atomic E-state index is -1.69. The predicted octanol–water partition coefficient (Wildman–Crippen LogP) is 1.92. The van der Waals surface area contributed by atoms with Crippen molar-refractivity contribution in [2.45, 2.75) is 26.8 Å². The van der Waals surface area contributed by atoms with Gasteiger partial charge in [0, 0.05) is 19.4 Å². The fraction of sp³-hybridized carbons (Fsp3) is 1.00. The van der Waals surface area contributed by atoms with Crippen LogP contribution < -0.4 is 0 Å². The summed E-state index contributed by atoms with van der Waals surface area (Å²) in [6.45, 7) is 6.74. The van der Waals surface area contributed by atoms with Crippen LogP contribution >= 0.6 is 7.80 Å². The Morgan fingerprint density at radius 3 is 1.91 bits per heavy atom. The van der Waals surface area contributed by atoms with E-state index < -0.39 is 13.8 Å². The van der Waals surface area contributed by atoms with E-state index in [-0.39, 0.29) is 0 Å². The molecule has 1 atom stereocenters. The van der Waals surface area contributed by atoms with Crippen molar-refractivity contribution in [3.8, 4) is 0 Å². The minimum absolute atomic E-state index is 0.458. The van der Waals surface area contributed by atoms with Crippen LogP contribution in [0.5, 0.6) is 0 Å². The summed E-state index contributed by atoms with van der Waals surface area (Å²) < 4.78 is 21.5. The van der Waals surface area contributed by atoms with Gasteiger partial charge in [0.25, 0.3) is 0 Å². The second-order valence-electron chi connectivity index (χ2n) is 2.06. The zero-order chi connectivity index (χ0) is 8.69. The third-order valence-electron chi connectivity index (χ3n) is 1.25. The number of ether oxygens (including phenoxy) is 2. The molecule has 11 heavy (non-hydrogen) atoms. The molecule has 0 N–H and O–H groups in total. The first-order valence-electron chi connectivity index (χ1n) is 4.02. The van der Waals surface area contributed by atoms with Gasteiger partial charge in [0.05, 0.1) is 0 Å². The average Bonchev–Trinajstić information content (AvgIpc) is 2.03. The van der Waals surface area contributed by atoms with Crippen LogP contribution in [-0.4, -0.2) is 25.4 Å². The van der Waals surface area contributed by atoms with Crippen LogP contribution in [0.3, 0.4) is 0 Å². The number of hydrogen-bond donors (Lipinski definition) is 0. The smallest absolute Gasteiger partial charge is 0.208 e. The highest BCUT2D eigenvalue weighted by molar-refractivity contribution is 7.45. The maximum Gasteiger partial charge on any atom is 0.208 e. The molecule has 3 nitrogen and oxygen atoms in total. The molecule has 0 aliphatic heterocycles. The molecule has 0 bridgehead atoms.